The first kappa shape index (κ1) is 22.0. The fraction of sp³-hybridized carbons (Fsp3) is 0.321. The van der Waals surface area contributed by atoms with Crippen molar-refractivity contribution in [2.45, 2.75) is 25.2 Å². The molecule has 0 N–H and O–H groups in total. The largest absolute Gasteiger partial charge is 0.461 e. The monoisotopic (exact) mass is 460 g/mol. The Balaban J connectivity index is 1.33. The van der Waals surface area contributed by atoms with Gasteiger partial charge in [0.2, 0.25) is 0 Å². The van der Waals surface area contributed by atoms with Gasteiger partial charge in [0, 0.05) is 48.1 Å². The molecule has 0 radical (unpaired) electrons. The summed E-state index contributed by atoms with van der Waals surface area (Å²) in [4.78, 5) is 17.4. The Labute approximate surface area is 200 Å². The van der Waals surface area contributed by atoms with Crippen molar-refractivity contribution in [1.29, 1.82) is 0 Å². The van der Waals surface area contributed by atoms with Crippen molar-refractivity contribution in [1.82, 2.24) is 9.80 Å². The van der Waals surface area contributed by atoms with Crippen molar-refractivity contribution in [2.75, 3.05) is 33.2 Å². The number of amides is 1. The lowest BCUT2D eigenvalue weighted by molar-refractivity contribution is 0.0763. The van der Waals surface area contributed by atoms with Crippen LogP contribution in [0.2, 0.25) is 5.02 Å². The van der Waals surface area contributed by atoms with Crippen LogP contribution in [-0.4, -0.2) is 48.9 Å². The van der Waals surface area contributed by atoms with Gasteiger partial charge in [0.1, 0.15) is 11.5 Å². The van der Waals surface area contributed by atoms with Crippen molar-refractivity contribution < 1.29 is 9.21 Å². The van der Waals surface area contributed by atoms with Crippen LogP contribution in [0.15, 0.2) is 71.2 Å². The van der Waals surface area contributed by atoms with E-state index in [-0.39, 0.29) is 11.8 Å². The van der Waals surface area contributed by atoms with Gasteiger partial charge in [0.15, 0.2) is 0 Å². The first-order chi connectivity index (χ1) is 16.0. The molecule has 170 valence electrons. The summed E-state index contributed by atoms with van der Waals surface area (Å²) in [6, 6.07) is 17.9. The molecule has 2 heterocycles. The Kier molecular flexibility index (Phi) is 6.13. The maximum absolute atomic E-state index is 13.1. The molecular weight excluding hydrogens is 432 g/mol. The van der Waals surface area contributed by atoms with Gasteiger partial charge in [-0.3, -0.25) is 4.79 Å². The van der Waals surface area contributed by atoms with E-state index < -0.39 is 0 Å². The van der Waals surface area contributed by atoms with Crippen LogP contribution in [0.4, 0.5) is 0 Å². The molecule has 0 saturated carbocycles. The molecule has 1 aliphatic heterocycles. The first-order valence-corrected chi connectivity index (χ1v) is 12.0. The number of fused-ring (bicyclic) bond motifs is 1. The molecular formula is C28H29ClN2O2. The minimum atomic E-state index is 0.0923. The second-order valence-corrected chi connectivity index (χ2v) is 9.67. The maximum atomic E-state index is 13.1. The molecule has 1 atom stereocenters. The number of rotatable bonds is 4. The number of furan rings is 1. The Morgan fingerprint density at radius 1 is 1.09 bits per heavy atom. The molecule has 2 aliphatic rings. The lowest BCUT2D eigenvalue weighted by atomic mass is 9.94. The number of halogens is 1. The van der Waals surface area contributed by atoms with Gasteiger partial charge in [-0.1, -0.05) is 42.0 Å². The fourth-order valence-electron chi connectivity index (χ4n) is 4.97. The van der Waals surface area contributed by atoms with E-state index in [4.69, 9.17) is 16.0 Å². The number of carbonyl (C=O) groups is 1. The molecule has 1 saturated heterocycles. The first-order valence-electron chi connectivity index (χ1n) is 11.6. The average molecular weight is 461 g/mol. The molecule has 5 heteroatoms. The summed E-state index contributed by atoms with van der Waals surface area (Å²) in [5, 5.41) is 0.756. The van der Waals surface area contributed by atoms with Crippen molar-refractivity contribution in [2.24, 2.45) is 0 Å². The van der Waals surface area contributed by atoms with Crippen molar-refractivity contribution in [3.05, 3.63) is 94.2 Å². The molecule has 0 bridgehead atoms. The summed E-state index contributed by atoms with van der Waals surface area (Å²) in [5.74, 6) is 2.00. The highest BCUT2D eigenvalue weighted by Crippen LogP contribution is 2.40. The van der Waals surface area contributed by atoms with Crippen LogP contribution in [0.25, 0.3) is 11.3 Å². The number of likely N-dealkylation sites (N-methyl/N-ethyl adjacent to an activating group) is 1. The summed E-state index contributed by atoms with van der Waals surface area (Å²) in [5.41, 5.74) is 5.38. The van der Waals surface area contributed by atoms with Gasteiger partial charge in [-0.15, -0.1) is 0 Å². The number of hydrogen-bond acceptors (Lipinski definition) is 3. The molecule has 1 fully saturated rings. The average Bonchev–Trinajstić information content (AvgIpc) is 3.33. The van der Waals surface area contributed by atoms with Crippen LogP contribution in [0.1, 0.15) is 39.6 Å². The zero-order valence-electron chi connectivity index (χ0n) is 19.0. The normalized spacial score (nSPS) is 18.9. The summed E-state index contributed by atoms with van der Waals surface area (Å²) in [6.07, 6.45) is 2.65. The molecule has 1 aliphatic carbocycles. The van der Waals surface area contributed by atoms with Gasteiger partial charge < -0.3 is 14.2 Å². The van der Waals surface area contributed by atoms with E-state index in [2.05, 4.69) is 30.7 Å². The molecule has 0 spiro atoms. The van der Waals surface area contributed by atoms with E-state index in [1.165, 1.54) is 16.7 Å². The Bertz CT molecular complexity index is 1200. The van der Waals surface area contributed by atoms with Gasteiger partial charge in [0.25, 0.3) is 5.91 Å². The lowest BCUT2D eigenvalue weighted by Crippen LogP contribution is -2.34. The number of nitrogens with zero attached hydrogens (tertiary/aromatic N) is 2. The number of allylic oxidation sites excluding steroid dienone is 1. The van der Waals surface area contributed by atoms with Gasteiger partial charge in [-0.05, 0) is 74.0 Å². The molecule has 1 aromatic heterocycles. The van der Waals surface area contributed by atoms with E-state index in [1.807, 2.05) is 47.4 Å². The molecule has 3 aromatic rings. The minimum absolute atomic E-state index is 0.0923. The fourth-order valence-corrected chi connectivity index (χ4v) is 5.16. The number of benzene rings is 2. The SMILES string of the molecule is C=C1Cc2ccc(Cl)cc2C1Cc1ccc(-c2cccc(C(=O)N3CCCN(C)CC3)c2)o1. The van der Waals surface area contributed by atoms with E-state index in [1.54, 1.807) is 0 Å². The third-order valence-electron chi connectivity index (χ3n) is 6.86. The highest BCUT2D eigenvalue weighted by molar-refractivity contribution is 6.30. The van der Waals surface area contributed by atoms with Crippen LogP contribution in [-0.2, 0) is 12.8 Å². The quantitative estimate of drug-likeness (QED) is 0.460. The third-order valence-corrected chi connectivity index (χ3v) is 7.10. The number of hydrogen-bond donors (Lipinski definition) is 0. The molecule has 1 amide bonds. The van der Waals surface area contributed by atoms with Gasteiger partial charge >= 0.3 is 0 Å². The van der Waals surface area contributed by atoms with Crippen LogP contribution >= 0.6 is 11.6 Å². The smallest absolute Gasteiger partial charge is 0.253 e. The topological polar surface area (TPSA) is 36.7 Å². The highest BCUT2D eigenvalue weighted by atomic mass is 35.5. The summed E-state index contributed by atoms with van der Waals surface area (Å²) in [7, 11) is 2.11. The third kappa shape index (κ3) is 4.64. The predicted octanol–water partition coefficient (Wildman–Crippen LogP) is 5.82. The summed E-state index contributed by atoms with van der Waals surface area (Å²) >= 11 is 6.25. The van der Waals surface area contributed by atoms with Gasteiger partial charge in [0.05, 0.1) is 0 Å². The zero-order chi connectivity index (χ0) is 22.9. The van der Waals surface area contributed by atoms with Crippen LogP contribution in [0, 0.1) is 0 Å². The zero-order valence-corrected chi connectivity index (χ0v) is 19.8. The van der Waals surface area contributed by atoms with E-state index in [0.717, 1.165) is 67.5 Å². The Morgan fingerprint density at radius 3 is 2.85 bits per heavy atom. The molecule has 4 nitrogen and oxygen atoms in total. The van der Waals surface area contributed by atoms with E-state index in [9.17, 15) is 4.79 Å². The minimum Gasteiger partial charge on any atom is -0.461 e. The molecule has 33 heavy (non-hydrogen) atoms. The Hall–Kier alpha value is -2.82. The van der Waals surface area contributed by atoms with Crippen molar-refractivity contribution in [3.63, 3.8) is 0 Å². The van der Waals surface area contributed by atoms with Crippen molar-refractivity contribution >= 4 is 17.5 Å². The summed E-state index contributed by atoms with van der Waals surface area (Å²) < 4.78 is 6.23. The second-order valence-electron chi connectivity index (χ2n) is 9.23. The van der Waals surface area contributed by atoms with Crippen LogP contribution < -0.4 is 0 Å². The van der Waals surface area contributed by atoms with Crippen LogP contribution in [0.5, 0.6) is 0 Å². The summed E-state index contributed by atoms with van der Waals surface area (Å²) in [6.45, 7) is 7.81. The molecule has 2 aromatic carbocycles. The lowest BCUT2D eigenvalue weighted by Gasteiger charge is -2.20. The standard InChI is InChI=1S/C28H29ClN2O2/c1-19-15-20-7-8-23(29)17-26(20)25(19)18-24-9-10-27(33-24)21-5-3-6-22(16-21)28(32)31-12-4-11-30(2)13-14-31/h3,5-10,16-17,25H,1,4,11-15,18H2,2H3. The number of carbonyl (C=O) groups excluding carboxylic acids is 1. The molecule has 5 rings (SSSR count). The maximum Gasteiger partial charge on any atom is 0.253 e. The van der Waals surface area contributed by atoms with Gasteiger partial charge in [-0.25, -0.2) is 0 Å². The van der Waals surface area contributed by atoms with Crippen LogP contribution in [0.3, 0.4) is 0 Å². The Morgan fingerprint density at radius 2 is 1.97 bits per heavy atom. The highest BCUT2D eigenvalue weighted by Gasteiger charge is 2.27. The predicted molar refractivity (Wildman–Crippen MR) is 133 cm³/mol. The van der Waals surface area contributed by atoms with E-state index >= 15 is 0 Å². The van der Waals surface area contributed by atoms with Gasteiger partial charge in [-0.2, -0.15) is 0 Å². The second kappa shape index (κ2) is 9.20. The van der Waals surface area contributed by atoms with E-state index in [0.29, 0.717) is 5.56 Å². The molecule has 1 unspecified atom stereocenters. The van der Waals surface area contributed by atoms with Crippen molar-refractivity contribution in [3.8, 4) is 11.3 Å².